The van der Waals surface area contributed by atoms with E-state index in [-0.39, 0.29) is 5.91 Å². The summed E-state index contributed by atoms with van der Waals surface area (Å²) in [5.74, 6) is 1.25. The molecule has 1 aliphatic rings. The summed E-state index contributed by atoms with van der Waals surface area (Å²) in [4.78, 5) is 12.3. The highest BCUT2D eigenvalue weighted by Gasteiger charge is 2.14. The predicted octanol–water partition coefficient (Wildman–Crippen LogP) is 3.28. The molecule has 0 bridgehead atoms. The Bertz CT molecular complexity index is 988. The van der Waals surface area contributed by atoms with E-state index in [1.54, 1.807) is 11.8 Å². The fourth-order valence-electron chi connectivity index (χ4n) is 3.33. The number of carbonyl (C=O) groups excluding carboxylic acids is 1. The molecule has 0 aliphatic heterocycles. The largest absolute Gasteiger partial charge is 0.494 e. The van der Waals surface area contributed by atoms with E-state index in [2.05, 4.69) is 33.0 Å². The zero-order valence-electron chi connectivity index (χ0n) is 15.6. The molecule has 0 fully saturated rings. The second kappa shape index (κ2) is 8.43. The molecule has 0 saturated carbocycles. The van der Waals surface area contributed by atoms with E-state index in [0.717, 1.165) is 24.2 Å². The summed E-state index contributed by atoms with van der Waals surface area (Å²) in [6.45, 7) is 0. The van der Waals surface area contributed by atoms with Crippen LogP contribution in [0.5, 0.6) is 5.75 Å². The van der Waals surface area contributed by atoms with Crippen molar-refractivity contribution in [1.82, 2.24) is 20.2 Å². The molecule has 0 spiro atoms. The van der Waals surface area contributed by atoms with Crippen LogP contribution in [-0.4, -0.2) is 39.0 Å². The van der Waals surface area contributed by atoms with Crippen molar-refractivity contribution in [3.8, 4) is 11.4 Å². The van der Waals surface area contributed by atoms with Gasteiger partial charge in [0, 0.05) is 17.9 Å². The minimum atomic E-state index is -0.0123. The van der Waals surface area contributed by atoms with Crippen molar-refractivity contribution in [2.75, 3.05) is 18.2 Å². The molecule has 2 aromatic carbocycles. The molecule has 1 amide bonds. The molecule has 1 aliphatic carbocycles. The fraction of sp³-hybridized carbons (Fsp3) is 0.300. The topological polar surface area (TPSA) is 81.9 Å². The summed E-state index contributed by atoms with van der Waals surface area (Å²) < 4.78 is 7.00. The molecule has 1 heterocycles. The Hall–Kier alpha value is -2.87. The van der Waals surface area contributed by atoms with Crippen LogP contribution in [0, 0.1) is 0 Å². The van der Waals surface area contributed by atoms with E-state index in [1.165, 1.54) is 29.3 Å². The van der Waals surface area contributed by atoms with E-state index in [4.69, 9.17) is 4.74 Å². The Morgan fingerprint density at radius 2 is 2.07 bits per heavy atom. The number of rotatable bonds is 7. The van der Waals surface area contributed by atoms with Crippen LogP contribution < -0.4 is 10.1 Å². The number of fused-ring (bicyclic) bond motifs is 1. The van der Waals surface area contributed by atoms with Gasteiger partial charge in [-0.1, -0.05) is 30.0 Å². The van der Waals surface area contributed by atoms with Crippen LogP contribution in [0.4, 0.5) is 5.69 Å². The van der Waals surface area contributed by atoms with Gasteiger partial charge in [0.2, 0.25) is 11.1 Å². The number of aryl methyl sites for hydroxylation is 2. The monoisotopic (exact) mass is 395 g/mol. The lowest BCUT2D eigenvalue weighted by atomic mass is 10.1. The molecular weight excluding hydrogens is 374 g/mol. The van der Waals surface area contributed by atoms with E-state index >= 15 is 0 Å². The molecule has 0 saturated heterocycles. The van der Waals surface area contributed by atoms with Crippen LogP contribution in [-0.2, 0) is 17.6 Å². The average Bonchev–Trinajstić information content (AvgIpc) is 3.36. The Morgan fingerprint density at radius 3 is 2.96 bits per heavy atom. The second-order valence-corrected chi connectivity index (χ2v) is 7.59. The molecule has 0 radical (unpaired) electrons. The summed E-state index contributed by atoms with van der Waals surface area (Å²) in [5, 5.41) is 15.5. The SMILES string of the molecule is COc1ccccc1-n1nnnc1SCCC(=O)Nc1ccc2c(c1)CCC2. The van der Waals surface area contributed by atoms with Crippen LogP contribution in [0.15, 0.2) is 47.6 Å². The summed E-state index contributed by atoms with van der Waals surface area (Å²) in [7, 11) is 1.61. The van der Waals surface area contributed by atoms with Gasteiger partial charge in [0.15, 0.2) is 0 Å². The number of anilines is 1. The third-order valence-electron chi connectivity index (χ3n) is 4.70. The standard InChI is InChI=1S/C20H21N5O2S/c1-27-18-8-3-2-7-17(18)25-20(22-23-24-25)28-12-11-19(26)21-16-10-9-14-5-4-6-15(14)13-16/h2-3,7-10,13H,4-6,11-12H2,1H3,(H,21,26). The number of amides is 1. The first-order valence-electron chi connectivity index (χ1n) is 9.21. The molecule has 28 heavy (non-hydrogen) atoms. The van der Waals surface area contributed by atoms with E-state index in [0.29, 0.717) is 23.1 Å². The minimum Gasteiger partial charge on any atom is -0.494 e. The second-order valence-electron chi connectivity index (χ2n) is 6.53. The highest BCUT2D eigenvalue weighted by molar-refractivity contribution is 7.99. The Morgan fingerprint density at radius 1 is 1.21 bits per heavy atom. The first kappa shape index (κ1) is 18.5. The lowest BCUT2D eigenvalue weighted by molar-refractivity contribution is -0.115. The highest BCUT2D eigenvalue weighted by Crippen LogP contribution is 2.27. The number of ether oxygens (including phenoxy) is 1. The summed E-state index contributed by atoms with van der Waals surface area (Å²) >= 11 is 1.44. The number of aromatic nitrogens is 4. The quantitative estimate of drug-likeness (QED) is 0.618. The van der Waals surface area contributed by atoms with Gasteiger partial charge in [0.1, 0.15) is 11.4 Å². The van der Waals surface area contributed by atoms with Crippen molar-refractivity contribution in [2.45, 2.75) is 30.8 Å². The maximum atomic E-state index is 12.3. The number of benzene rings is 2. The van der Waals surface area contributed by atoms with Gasteiger partial charge in [-0.25, -0.2) is 0 Å². The highest BCUT2D eigenvalue weighted by atomic mass is 32.2. The Labute approximate surface area is 167 Å². The number of para-hydroxylation sites is 2. The number of nitrogens with zero attached hydrogens (tertiary/aromatic N) is 4. The molecule has 1 aromatic heterocycles. The van der Waals surface area contributed by atoms with Crippen LogP contribution in [0.3, 0.4) is 0 Å². The van der Waals surface area contributed by atoms with Gasteiger partial charge in [-0.05, 0) is 65.1 Å². The van der Waals surface area contributed by atoms with E-state index < -0.39 is 0 Å². The van der Waals surface area contributed by atoms with Crippen molar-refractivity contribution in [2.24, 2.45) is 0 Å². The van der Waals surface area contributed by atoms with Crippen LogP contribution >= 0.6 is 11.8 Å². The van der Waals surface area contributed by atoms with E-state index in [9.17, 15) is 4.79 Å². The third-order valence-corrected chi connectivity index (χ3v) is 5.62. The Kier molecular flexibility index (Phi) is 5.57. The van der Waals surface area contributed by atoms with Gasteiger partial charge in [-0.3, -0.25) is 4.79 Å². The van der Waals surface area contributed by atoms with Gasteiger partial charge in [0.25, 0.3) is 0 Å². The molecule has 4 rings (SSSR count). The van der Waals surface area contributed by atoms with Crippen molar-refractivity contribution < 1.29 is 9.53 Å². The van der Waals surface area contributed by atoms with Crippen molar-refractivity contribution >= 4 is 23.4 Å². The number of thioether (sulfide) groups is 1. The number of hydrogen-bond donors (Lipinski definition) is 1. The fourth-order valence-corrected chi connectivity index (χ4v) is 4.15. The lowest BCUT2D eigenvalue weighted by Crippen LogP contribution is -2.12. The summed E-state index contributed by atoms with van der Waals surface area (Å²) in [5.41, 5.74) is 4.38. The number of methoxy groups -OCH3 is 1. The summed E-state index contributed by atoms with van der Waals surface area (Å²) in [6, 6.07) is 13.7. The number of tetrazole rings is 1. The molecule has 3 aromatic rings. The van der Waals surface area contributed by atoms with Crippen LogP contribution in [0.1, 0.15) is 24.0 Å². The van der Waals surface area contributed by atoms with Gasteiger partial charge in [0.05, 0.1) is 7.11 Å². The lowest BCUT2D eigenvalue weighted by Gasteiger charge is -2.09. The summed E-state index contributed by atoms with van der Waals surface area (Å²) in [6.07, 6.45) is 3.81. The first-order chi connectivity index (χ1) is 13.7. The van der Waals surface area contributed by atoms with Gasteiger partial charge in [-0.15, -0.1) is 5.10 Å². The van der Waals surface area contributed by atoms with Crippen LogP contribution in [0.2, 0.25) is 0 Å². The van der Waals surface area contributed by atoms with Crippen molar-refractivity contribution in [1.29, 1.82) is 0 Å². The maximum absolute atomic E-state index is 12.3. The number of carbonyl (C=O) groups is 1. The van der Waals surface area contributed by atoms with Crippen molar-refractivity contribution in [3.63, 3.8) is 0 Å². The number of nitrogens with one attached hydrogen (secondary N) is 1. The molecule has 8 heteroatoms. The third kappa shape index (κ3) is 4.01. The number of hydrogen-bond acceptors (Lipinski definition) is 6. The van der Waals surface area contributed by atoms with Gasteiger partial charge in [-0.2, -0.15) is 4.68 Å². The molecule has 0 unspecified atom stereocenters. The Balaban J connectivity index is 1.34. The zero-order chi connectivity index (χ0) is 19.3. The molecule has 7 nitrogen and oxygen atoms in total. The first-order valence-corrected chi connectivity index (χ1v) is 10.2. The van der Waals surface area contributed by atoms with Gasteiger partial charge >= 0.3 is 0 Å². The predicted molar refractivity (Wildman–Crippen MR) is 108 cm³/mol. The normalized spacial score (nSPS) is 12.6. The molecule has 144 valence electrons. The van der Waals surface area contributed by atoms with E-state index in [1.807, 2.05) is 30.3 Å². The smallest absolute Gasteiger partial charge is 0.225 e. The molecule has 1 N–H and O–H groups in total. The molecule has 0 atom stereocenters. The van der Waals surface area contributed by atoms with Gasteiger partial charge < -0.3 is 10.1 Å². The van der Waals surface area contributed by atoms with Crippen molar-refractivity contribution in [3.05, 3.63) is 53.6 Å². The maximum Gasteiger partial charge on any atom is 0.225 e. The minimum absolute atomic E-state index is 0.0123. The zero-order valence-corrected chi connectivity index (χ0v) is 16.4. The van der Waals surface area contributed by atoms with Crippen LogP contribution in [0.25, 0.3) is 5.69 Å². The average molecular weight is 395 g/mol. The molecular formula is C20H21N5O2S.